The molecule has 1 fully saturated rings. The van der Waals surface area contributed by atoms with E-state index in [1.54, 1.807) is 14.2 Å². The number of benzene rings is 1. The maximum absolute atomic E-state index is 5.62. The average molecular weight is 368 g/mol. The zero-order valence-corrected chi connectivity index (χ0v) is 14.8. The van der Waals surface area contributed by atoms with Crippen LogP contribution in [0.2, 0.25) is 0 Å². The third-order valence-corrected chi connectivity index (χ3v) is 5.03. The highest BCUT2D eigenvalue weighted by molar-refractivity contribution is 9.10. The van der Waals surface area contributed by atoms with Gasteiger partial charge in [0.2, 0.25) is 0 Å². The van der Waals surface area contributed by atoms with Gasteiger partial charge in [0.15, 0.2) is 11.5 Å². The number of rotatable bonds is 4. The van der Waals surface area contributed by atoms with Crippen molar-refractivity contribution >= 4 is 21.6 Å². The van der Waals surface area contributed by atoms with E-state index in [0.717, 1.165) is 47.6 Å². The summed E-state index contributed by atoms with van der Waals surface area (Å²) in [4.78, 5) is 2.48. The minimum atomic E-state index is 0.130. The zero-order chi connectivity index (χ0) is 15.7. The molecule has 0 bridgehead atoms. The molecule has 2 aliphatic rings. The fourth-order valence-corrected chi connectivity index (χ4v) is 3.83. The van der Waals surface area contributed by atoms with Crippen LogP contribution in [0.4, 0.5) is 0 Å². The summed E-state index contributed by atoms with van der Waals surface area (Å²) in [5, 5.41) is 4.57. The van der Waals surface area contributed by atoms with Crippen molar-refractivity contribution in [1.82, 2.24) is 10.3 Å². The minimum Gasteiger partial charge on any atom is -0.493 e. The van der Waals surface area contributed by atoms with Gasteiger partial charge in [-0.05, 0) is 18.7 Å². The van der Waals surface area contributed by atoms with Crippen LogP contribution in [0.25, 0.3) is 0 Å². The third kappa shape index (κ3) is 2.70. The minimum absolute atomic E-state index is 0.130. The molecule has 0 aromatic heterocycles. The molecule has 3 rings (SSSR count). The van der Waals surface area contributed by atoms with Crippen LogP contribution in [0.5, 0.6) is 11.5 Å². The number of methoxy groups -OCH3 is 2. The average Bonchev–Trinajstić information content (AvgIpc) is 2.96. The van der Waals surface area contributed by atoms with Crippen LogP contribution in [-0.4, -0.2) is 44.5 Å². The molecule has 2 aliphatic heterocycles. The van der Waals surface area contributed by atoms with Gasteiger partial charge in [-0.15, -0.1) is 0 Å². The standard InChI is InChI=1S/C16H22BrN3O2/c1-4-20-6-5-13-12(9-20)15(19-18-13)11-7-10(17)8-14(21-2)16(11)22-3/h7-8,12,15,19H,4-6,9H2,1-3H3. The number of halogens is 1. The largest absolute Gasteiger partial charge is 0.493 e. The van der Waals surface area contributed by atoms with Crippen LogP contribution >= 0.6 is 15.9 Å². The van der Waals surface area contributed by atoms with Crippen LogP contribution < -0.4 is 14.9 Å². The summed E-state index contributed by atoms with van der Waals surface area (Å²) in [5.41, 5.74) is 5.68. The maximum atomic E-state index is 5.62. The number of nitrogens with zero attached hydrogens (tertiary/aromatic N) is 2. The molecule has 0 aliphatic carbocycles. The molecule has 1 saturated heterocycles. The van der Waals surface area contributed by atoms with E-state index in [9.17, 15) is 0 Å². The predicted octanol–water partition coefficient (Wildman–Crippen LogP) is 2.81. The van der Waals surface area contributed by atoms with Gasteiger partial charge in [0.25, 0.3) is 0 Å². The maximum Gasteiger partial charge on any atom is 0.166 e. The van der Waals surface area contributed by atoms with E-state index in [-0.39, 0.29) is 6.04 Å². The Balaban J connectivity index is 1.96. The van der Waals surface area contributed by atoms with Crippen molar-refractivity contribution < 1.29 is 9.47 Å². The Bertz CT molecular complexity index is 591. The quantitative estimate of drug-likeness (QED) is 0.888. The van der Waals surface area contributed by atoms with E-state index < -0.39 is 0 Å². The lowest BCUT2D eigenvalue weighted by atomic mass is 9.86. The lowest BCUT2D eigenvalue weighted by Gasteiger charge is -2.33. The van der Waals surface area contributed by atoms with Crippen LogP contribution in [0.3, 0.4) is 0 Å². The highest BCUT2D eigenvalue weighted by Gasteiger charge is 2.38. The Kier molecular flexibility index (Phi) is 4.59. The Labute approximate surface area is 139 Å². The van der Waals surface area contributed by atoms with Crippen molar-refractivity contribution in [2.45, 2.75) is 19.4 Å². The first kappa shape index (κ1) is 15.6. The Morgan fingerprint density at radius 1 is 1.36 bits per heavy atom. The topological polar surface area (TPSA) is 46.1 Å². The number of hydrogen-bond donors (Lipinski definition) is 1. The molecular weight excluding hydrogens is 346 g/mol. The SMILES string of the molecule is CCN1CCC2=NNC(c3cc(Br)cc(OC)c3OC)C2C1. The van der Waals surface area contributed by atoms with E-state index in [1.807, 2.05) is 6.07 Å². The summed E-state index contributed by atoms with van der Waals surface area (Å²) in [5.74, 6) is 1.92. The van der Waals surface area contributed by atoms with E-state index in [4.69, 9.17) is 9.47 Å². The van der Waals surface area contributed by atoms with Gasteiger partial charge in [-0.1, -0.05) is 22.9 Å². The van der Waals surface area contributed by atoms with Crippen LogP contribution in [0.15, 0.2) is 21.7 Å². The predicted molar refractivity (Wildman–Crippen MR) is 90.8 cm³/mol. The molecule has 2 heterocycles. The van der Waals surface area contributed by atoms with Crippen molar-refractivity contribution in [2.24, 2.45) is 11.0 Å². The molecule has 2 unspecified atom stereocenters. The van der Waals surface area contributed by atoms with Gasteiger partial charge in [0, 0.05) is 41.2 Å². The van der Waals surface area contributed by atoms with Crippen molar-refractivity contribution in [2.75, 3.05) is 33.9 Å². The van der Waals surface area contributed by atoms with Crippen molar-refractivity contribution in [3.8, 4) is 11.5 Å². The molecule has 5 nitrogen and oxygen atoms in total. The summed E-state index contributed by atoms with van der Waals surface area (Å²) in [7, 11) is 3.35. The number of piperidine rings is 1. The Morgan fingerprint density at radius 3 is 2.86 bits per heavy atom. The Hall–Kier alpha value is -1.27. The van der Waals surface area contributed by atoms with E-state index in [2.05, 4.69) is 44.3 Å². The molecule has 1 N–H and O–H groups in total. The molecule has 22 heavy (non-hydrogen) atoms. The molecule has 0 amide bonds. The van der Waals surface area contributed by atoms with Crippen molar-refractivity contribution in [1.29, 1.82) is 0 Å². The number of hydrazone groups is 1. The number of hydrogen-bond acceptors (Lipinski definition) is 5. The van der Waals surface area contributed by atoms with Gasteiger partial charge >= 0.3 is 0 Å². The third-order valence-electron chi connectivity index (χ3n) is 4.57. The normalized spacial score (nSPS) is 24.5. The molecule has 0 spiro atoms. The first-order chi connectivity index (χ1) is 10.7. The van der Waals surface area contributed by atoms with Crippen LogP contribution in [0.1, 0.15) is 24.9 Å². The number of fused-ring (bicyclic) bond motifs is 1. The highest BCUT2D eigenvalue weighted by Crippen LogP contribution is 2.42. The summed E-state index contributed by atoms with van der Waals surface area (Å²) >= 11 is 3.57. The van der Waals surface area contributed by atoms with Crippen molar-refractivity contribution in [3.05, 3.63) is 22.2 Å². The van der Waals surface area contributed by atoms with Crippen molar-refractivity contribution in [3.63, 3.8) is 0 Å². The second-order valence-corrected chi connectivity index (χ2v) is 6.61. The molecule has 1 aromatic carbocycles. The molecule has 6 heteroatoms. The molecule has 1 aromatic rings. The summed E-state index contributed by atoms with van der Waals surface area (Å²) < 4.78 is 12.1. The van der Waals surface area contributed by atoms with Gasteiger partial charge in [0.05, 0.1) is 20.3 Å². The first-order valence-corrected chi connectivity index (χ1v) is 8.43. The number of likely N-dealkylation sites (tertiary alicyclic amines) is 1. The smallest absolute Gasteiger partial charge is 0.166 e. The zero-order valence-electron chi connectivity index (χ0n) is 13.2. The fraction of sp³-hybridized carbons (Fsp3) is 0.562. The van der Waals surface area contributed by atoms with Crippen LogP contribution in [-0.2, 0) is 0 Å². The highest BCUT2D eigenvalue weighted by atomic mass is 79.9. The molecule has 0 radical (unpaired) electrons. The summed E-state index contributed by atoms with van der Waals surface area (Å²) in [6, 6.07) is 4.16. The van der Waals surface area contributed by atoms with Gasteiger partial charge in [-0.25, -0.2) is 0 Å². The fourth-order valence-electron chi connectivity index (χ4n) is 3.38. The van der Waals surface area contributed by atoms with E-state index in [1.165, 1.54) is 5.71 Å². The van der Waals surface area contributed by atoms with Crippen LogP contribution in [0, 0.1) is 5.92 Å². The monoisotopic (exact) mass is 367 g/mol. The lowest BCUT2D eigenvalue weighted by Crippen LogP contribution is -2.41. The first-order valence-electron chi connectivity index (χ1n) is 7.63. The number of ether oxygens (including phenoxy) is 2. The molecule has 120 valence electrons. The lowest BCUT2D eigenvalue weighted by molar-refractivity contribution is 0.236. The summed E-state index contributed by atoms with van der Waals surface area (Å²) in [6.45, 7) is 5.42. The Morgan fingerprint density at radius 2 is 2.18 bits per heavy atom. The van der Waals surface area contributed by atoms with E-state index >= 15 is 0 Å². The second-order valence-electron chi connectivity index (χ2n) is 5.69. The van der Waals surface area contributed by atoms with Gasteiger partial charge in [-0.2, -0.15) is 5.10 Å². The molecule has 0 saturated carbocycles. The second kappa shape index (κ2) is 6.46. The van der Waals surface area contributed by atoms with Gasteiger partial charge in [0.1, 0.15) is 0 Å². The number of nitrogens with one attached hydrogen (secondary N) is 1. The summed E-state index contributed by atoms with van der Waals surface area (Å²) in [6.07, 6.45) is 1.04. The molecule has 2 atom stereocenters. The van der Waals surface area contributed by atoms with Gasteiger partial charge < -0.3 is 19.8 Å². The molecular formula is C16H22BrN3O2. The van der Waals surface area contributed by atoms with E-state index in [0.29, 0.717) is 5.92 Å². The van der Waals surface area contributed by atoms with Gasteiger partial charge in [-0.3, -0.25) is 0 Å².